The molecule has 0 aromatic heterocycles. The van der Waals surface area contributed by atoms with Gasteiger partial charge in [-0.3, -0.25) is 0 Å². The molecule has 0 unspecified atom stereocenters. The van der Waals surface area contributed by atoms with E-state index in [1.54, 1.807) is 0 Å². The van der Waals surface area contributed by atoms with Crippen molar-refractivity contribution in [3.05, 3.63) is 28.8 Å². The predicted octanol–water partition coefficient (Wildman–Crippen LogP) is 1.62. The van der Waals surface area contributed by atoms with Crippen molar-refractivity contribution in [3.8, 4) is 5.75 Å². The summed E-state index contributed by atoms with van der Waals surface area (Å²) in [6, 6.07) is 3.98. The molecular weight excluding hydrogens is 202 g/mol. The minimum atomic E-state index is -0.0281. The molecule has 16 heavy (non-hydrogen) atoms. The number of phenolic OH excluding ortho intramolecular Hbond substituents is 1. The van der Waals surface area contributed by atoms with Crippen LogP contribution in [0.1, 0.15) is 29.5 Å². The number of aliphatic hydroxyl groups is 1. The van der Waals surface area contributed by atoms with Gasteiger partial charge in [-0.05, 0) is 43.4 Å². The Morgan fingerprint density at radius 1 is 1.25 bits per heavy atom. The van der Waals surface area contributed by atoms with Gasteiger partial charge in [-0.1, -0.05) is 12.1 Å². The van der Waals surface area contributed by atoms with Crippen LogP contribution in [0.25, 0.3) is 0 Å². The monoisotopic (exact) mass is 221 g/mol. The van der Waals surface area contributed by atoms with Crippen molar-refractivity contribution in [1.29, 1.82) is 0 Å². The van der Waals surface area contributed by atoms with Crippen LogP contribution in [0.5, 0.6) is 5.75 Å². The van der Waals surface area contributed by atoms with E-state index in [1.165, 1.54) is 0 Å². The topological polar surface area (TPSA) is 52.5 Å². The highest BCUT2D eigenvalue weighted by Gasteiger charge is 2.41. The van der Waals surface area contributed by atoms with Crippen LogP contribution in [0.3, 0.4) is 0 Å². The van der Waals surface area contributed by atoms with Crippen LogP contribution in [0.4, 0.5) is 0 Å². The molecule has 1 aromatic carbocycles. The van der Waals surface area contributed by atoms with Gasteiger partial charge in [0.2, 0.25) is 0 Å². The molecule has 3 N–H and O–H groups in total. The quantitative estimate of drug-likeness (QED) is 0.724. The van der Waals surface area contributed by atoms with E-state index in [0.717, 1.165) is 36.1 Å². The largest absolute Gasteiger partial charge is 0.507 e. The number of nitrogens with one attached hydrogen (secondary N) is 1. The molecule has 0 aliphatic heterocycles. The molecule has 0 bridgehead atoms. The second-order valence-electron chi connectivity index (χ2n) is 4.87. The second kappa shape index (κ2) is 4.07. The number of hydrogen-bond acceptors (Lipinski definition) is 3. The summed E-state index contributed by atoms with van der Waals surface area (Å²) < 4.78 is 0. The van der Waals surface area contributed by atoms with Crippen molar-refractivity contribution in [2.45, 2.75) is 38.8 Å². The molecule has 1 aromatic rings. The number of aromatic hydroxyl groups is 1. The summed E-state index contributed by atoms with van der Waals surface area (Å²) in [4.78, 5) is 0. The molecule has 3 heteroatoms. The first-order chi connectivity index (χ1) is 7.56. The Morgan fingerprint density at radius 3 is 2.25 bits per heavy atom. The molecular formula is C13H19NO2. The first-order valence-corrected chi connectivity index (χ1v) is 5.71. The van der Waals surface area contributed by atoms with Crippen LogP contribution >= 0.6 is 0 Å². The lowest BCUT2D eigenvalue weighted by Gasteiger charge is -2.15. The van der Waals surface area contributed by atoms with E-state index in [1.807, 2.05) is 26.0 Å². The molecule has 1 aliphatic carbocycles. The molecule has 0 spiro atoms. The molecule has 1 aliphatic rings. The van der Waals surface area contributed by atoms with Crippen molar-refractivity contribution < 1.29 is 10.2 Å². The fraction of sp³-hybridized carbons (Fsp3) is 0.538. The van der Waals surface area contributed by atoms with Gasteiger partial charge >= 0.3 is 0 Å². The highest BCUT2D eigenvalue weighted by Crippen LogP contribution is 2.35. The Morgan fingerprint density at radius 2 is 1.81 bits per heavy atom. The summed E-state index contributed by atoms with van der Waals surface area (Å²) in [5.41, 5.74) is 2.95. The lowest BCUT2D eigenvalue weighted by molar-refractivity contribution is 0.229. The minimum absolute atomic E-state index is 0.0281. The van der Waals surface area contributed by atoms with Crippen LogP contribution in [0.2, 0.25) is 0 Å². The molecule has 88 valence electrons. The van der Waals surface area contributed by atoms with Crippen molar-refractivity contribution in [2.24, 2.45) is 0 Å². The number of aliphatic hydroxyl groups excluding tert-OH is 1. The summed E-state index contributed by atoms with van der Waals surface area (Å²) in [5, 5.41) is 22.2. The van der Waals surface area contributed by atoms with E-state index < -0.39 is 0 Å². The van der Waals surface area contributed by atoms with E-state index in [2.05, 4.69) is 5.32 Å². The third-order valence-corrected chi connectivity index (χ3v) is 3.37. The maximum absolute atomic E-state index is 9.66. The van der Waals surface area contributed by atoms with E-state index in [-0.39, 0.29) is 12.1 Å². The molecule has 0 heterocycles. The normalized spacial score (nSPS) is 17.4. The fourth-order valence-electron chi connectivity index (χ4n) is 1.98. The third-order valence-electron chi connectivity index (χ3n) is 3.37. The Labute approximate surface area is 96.1 Å². The smallest absolute Gasteiger partial charge is 0.121 e. The standard InChI is InChI=1S/C13H19NO2/c1-9-5-11(6-10(2)12(9)16)7-14-13(8-15)3-4-13/h5-6,14-16H,3-4,7-8H2,1-2H3. The molecule has 0 amide bonds. The van der Waals surface area contributed by atoms with Crippen molar-refractivity contribution >= 4 is 0 Å². The molecule has 0 saturated heterocycles. The molecule has 0 radical (unpaired) electrons. The maximum Gasteiger partial charge on any atom is 0.121 e. The van der Waals surface area contributed by atoms with Crippen LogP contribution in [-0.4, -0.2) is 22.4 Å². The van der Waals surface area contributed by atoms with Gasteiger partial charge in [0.05, 0.1) is 6.61 Å². The van der Waals surface area contributed by atoms with Crippen molar-refractivity contribution in [2.75, 3.05) is 6.61 Å². The van der Waals surface area contributed by atoms with Crippen molar-refractivity contribution in [3.63, 3.8) is 0 Å². The Hall–Kier alpha value is -1.06. The van der Waals surface area contributed by atoms with E-state index >= 15 is 0 Å². The van der Waals surface area contributed by atoms with Gasteiger partial charge in [-0.15, -0.1) is 0 Å². The number of hydrogen-bond donors (Lipinski definition) is 3. The van der Waals surface area contributed by atoms with E-state index in [4.69, 9.17) is 0 Å². The average Bonchev–Trinajstić information content (AvgIpc) is 3.03. The van der Waals surface area contributed by atoms with Gasteiger partial charge in [0.1, 0.15) is 5.75 Å². The molecule has 3 nitrogen and oxygen atoms in total. The Balaban J connectivity index is 2.05. The molecule has 0 atom stereocenters. The van der Waals surface area contributed by atoms with Crippen LogP contribution in [0.15, 0.2) is 12.1 Å². The first kappa shape index (κ1) is 11.4. The van der Waals surface area contributed by atoms with Crippen LogP contribution < -0.4 is 5.32 Å². The number of rotatable bonds is 4. The van der Waals surface area contributed by atoms with Crippen LogP contribution in [-0.2, 0) is 6.54 Å². The average molecular weight is 221 g/mol. The zero-order chi connectivity index (χ0) is 11.8. The maximum atomic E-state index is 9.66. The van der Waals surface area contributed by atoms with Crippen LogP contribution in [0, 0.1) is 13.8 Å². The summed E-state index contributed by atoms with van der Waals surface area (Å²) in [6.07, 6.45) is 2.11. The zero-order valence-corrected chi connectivity index (χ0v) is 9.88. The summed E-state index contributed by atoms with van der Waals surface area (Å²) in [6.45, 7) is 4.78. The highest BCUT2D eigenvalue weighted by molar-refractivity contribution is 5.42. The fourth-order valence-corrected chi connectivity index (χ4v) is 1.98. The van der Waals surface area contributed by atoms with Gasteiger partial charge in [-0.2, -0.15) is 0 Å². The van der Waals surface area contributed by atoms with Gasteiger partial charge in [-0.25, -0.2) is 0 Å². The van der Waals surface area contributed by atoms with Gasteiger partial charge in [0, 0.05) is 12.1 Å². The number of aryl methyl sites for hydroxylation is 2. The SMILES string of the molecule is Cc1cc(CNC2(CO)CC2)cc(C)c1O. The van der Waals surface area contributed by atoms with E-state index in [9.17, 15) is 10.2 Å². The number of benzene rings is 1. The van der Waals surface area contributed by atoms with Gasteiger partial charge in [0.15, 0.2) is 0 Å². The lowest BCUT2D eigenvalue weighted by Crippen LogP contribution is -2.34. The lowest BCUT2D eigenvalue weighted by atomic mass is 10.1. The zero-order valence-electron chi connectivity index (χ0n) is 9.88. The predicted molar refractivity (Wildman–Crippen MR) is 63.5 cm³/mol. The Bertz CT molecular complexity index is 374. The van der Waals surface area contributed by atoms with Crippen molar-refractivity contribution in [1.82, 2.24) is 5.32 Å². The first-order valence-electron chi connectivity index (χ1n) is 5.71. The molecule has 2 rings (SSSR count). The minimum Gasteiger partial charge on any atom is -0.507 e. The molecule has 1 fully saturated rings. The Kier molecular flexibility index (Phi) is 2.91. The van der Waals surface area contributed by atoms with E-state index in [0.29, 0.717) is 5.75 Å². The summed E-state index contributed by atoms with van der Waals surface area (Å²) in [7, 11) is 0. The van der Waals surface area contributed by atoms with Gasteiger partial charge < -0.3 is 15.5 Å². The summed E-state index contributed by atoms with van der Waals surface area (Å²) in [5.74, 6) is 0.382. The summed E-state index contributed by atoms with van der Waals surface area (Å²) >= 11 is 0. The second-order valence-corrected chi connectivity index (χ2v) is 4.87. The van der Waals surface area contributed by atoms with Gasteiger partial charge in [0.25, 0.3) is 0 Å². The number of phenols is 1. The third kappa shape index (κ3) is 2.20. The highest BCUT2D eigenvalue weighted by atomic mass is 16.3. The molecule has 1 saturated carbocycles.